The van der Waals surface area contributed by atoms with E-state index in [1.165, 1.54) is 0 Å². The molecule has 0 heterocycles. The van der Waals surface area contributed by atoms with Crippen molar-refractivity contribution in [1.29, 1.82) is 0 Å². The van der Waals surface area contributed by atoms with Crippen molar-refractivity contribution in [1.82, 2.24) is 5.32 Å². The first-order valence-corrected chi connectivity index (χ1v) is 6.44. The van der Waals surface area contributed by atoms with Crippen LogP contribution in [0, 0.1) is 0 Å². The first-order valence-electron chi connectivity index (χ1n) is 6.44. The Morgan fingerprint density at radius 3 is 2.63 bits per heavy atom. The lowest BCUT2D eigenvalue weighted by atomic mass is 10.0. The molecule has 1 atom stereocenters. The van der Waals surface area contributed by atoms with Crippen molar-refractivity contribution < 1.29 is 9.53 Å². The second-order valence-electron chi connectivity index (χ2n) is 4.04. The van der Waals surface area contributed by atoms with Crippen LogP contribution in [0.3, 0.4) is 0 Å². The lowest BCUT2D eigenvalue weighted by molar-refractivity contribution is -0.121. The van der Waals surface area contributed by atoms with Crippen molar-refractivity contribution >= 4 is 18.3 Å². The van der Waals surface area contributed by atoms with Crippen LogP contribution in [0.15, 0.2) is 24.3 Å². The molecule has 1 aromatic carbocycles. The fourth-order valence-electron chi connectivity index (χ4n) is 1.85. The second kappa shape index (κ2) is 9.64. The molecule has 0 saturated carbocycles. The van der Waals surface area contributed by atoms with Gasteiger partial charge in [-0.2, -0.15) is 0 Å². The van der Waals surface area contributed by atoms with E-state index in [4.69, 9.17) is 10.5 Å². The highest BCUT2D eigenvalue weighted by atomic mass is 35.5. The quantitative estimate of drug-likeness (QED) is 0.809. The van der Waals surface area contributed by atoms with Crippen LogP contribution in [0.2, 0.25) is 0 Å². The van der Waals surface area contributed by atoms with Gasteiger partial charge in [-0.05, 0) is 19.4 Å². The van der Waals surface area contributed by atoms with Gasteiger partial charge in [0.1, 0.15) is 5.75 Å². The Bertz CT molecular complexity index is 385. The largest absolute Gasteiger partial charge is 0.494 e. The summed E-state index contributed by atoms with van der Waals surface area (Å²) in [5.41, 5.74) is 6.40. The van der Waals surface area contributed by atoms with Crippen LogP contribution in [-0.4, -0.2) is 19.1 Å². The summed E-state index contributed by atoms with van der Waals surface area (Å²) in [6.07, 6.45) is 1.17. The van der Waals surface area contributed by atoms with Crippen LogP contribution in [-0.2, 0) is 4.79 Å². The predicted molar refractivity (Wildman–Crippen MR) is 79.7 cm³/mol. The molecule has 5 heteroatoms. The minimum absolute atomic E-state index is 0. The lowest BCUT2D eigenvalue weighted by Gasteiger charge is -2.20. The summed E-state index contributed by atoms with van der Waals surface area (Å²) in [5.74, 6) is 0.815. The third-order valence-electron chi connectivity index (χ3n) is 2.71. The fourth-order valence-corrected chi connectivity index (χ4v) is 1.85. The van der Waals surface area contributed by atoms with Gasteiger partial charge in [0, 0.05) is 18.5 Å². The van der Waals surface area contributed by atoms with Crippen molar-refractivity contribution in [2.75, 3.05) is 13.2 Å². The van der Waals surface area contributed by atoms with Crippen molar-refractivity contribution in [3.63, 3.8) is 0 Å². The second-order valence-corrected chi connectivity index (χ2v) is 4.04. The average Bonchev–Trinajstić information content (AvgIpc) is 2.37. The zero-order chi connectivity index (χ0) is 13.4. The Balaban J connectivity index is 0.00000324. The number of rotatable bonds is 7. The van der Waals surface area contributed by atoms with Gasteiger partial charge in [0.05, 0.1) is 12.6 Å². The van der Waals surface area contributed by atoms with E-state index >= 15 is 0 Å². The number of carbonyl (C=O) groups excluding carboxylic acids is 1. The van der Waals surface area contributed by atoms with Crippen LogP contribution in [0.1, 0.15) is 38.3 Å². The lowest BCUT2D eigenvalue weighted by Crippen LogP contribution is -2.29. The number of nitrogens with two attached hydrogens (primary N) is 1. The molecule has 19 heavy (non-hydrogen) atoms. The van der Waals surface area contributed by atoms with E-state index < -0.39 is 0 Å². The molecular formula is C14H23ClN2O2. The van der Waals surface area contributed by atoms with Gasteiger partial charge < -0.3 is 15.8 Å². The third-order valence-corrected chi connectivity index (χ3v) is 2.71. The standard InChI is InChI=1S/C14H22N2O2.ClH/c1-3-12(16-14(17)9-10-15)11-7-5-6-8-13(11)18-4-2;/h5-8,12H,3-4,9-10,15H2,1-2H3,(H,16,17);1H. The fraction of sp³-hybridized carbons (Fsp3) is 0.500. The summed E-state index contributed by atoms with van der Waals surface area (Å²) in [5, 5.41) is 2.98. The van der Waals surface area contributed by atoms with Gasteiger partial charge in [0.25, 0.3) is 0 Å². The molecule has 0 spiro atoms. The van der Waals surface area contributed by atoms with E-state index in [-0.39, 0.29) is 24.4 Å². The van der Waals surface area contributed by atoms with E-state index in [0.717, 1.165) is 17.7 Å². The van der Waals surface area contributed by atoms with E-state index in [9.17, 15) is 4.79 Å². The number of halogens is 1. The molecule has 3 N–H and O–H groups in total. The van der Waals surface area contributed by atoms with E-state index in [1.54, 1.807) is 0 Å². The van der Waals surface area contributed by atoms with Gasteiger partial charge >= 0.3 is 0 Å². The minimum Gasteiger partial charge on any atom is -0.494 e. The summed E-state index contributed by atoms with van der Waals surface area (Å²) >= 11 is 0. The predicted octanol–water partition coefficient (Wildman–Crippen LogP) is 2.42. The summed E-state index contributed by atoms with van der Waals surface area (Å²) in [6, 6.07) is 7.78. The molecular weight excluding hydrogens is 264 g/mol. The topological polar surface area (TPSA) is 64.3 Å². The molecule has 0 aromatic heterocycles. The maximum Gasteiger partial charge on any atom is 0.221 e. The van der Waals surface area contributed by atoms with Crippen LogP contribution in [0.25, 0.3) is 0 Å². The molecule has 1 aromatic rings. The number of carbonyl (C=O) groups is 1. The smallest absolute Gasteiger partial charge is 0.221 e. The molecule has 4 nitrogen and oxygen atoms in total. The highest BCUT2D eigenvalue weighted by Gasteiger charge is 2.16. The van der Waals surface area contributed by atoms with Gasteiger partial charge in [-0.3, -0.25) is 4.79 Å². The monoisotopic (exact) mass is 286 g/mol. The maximum atomic E-state index is 11.6. The van der Waals surface area contributed by atoms with Crippen LogP contribution in [0.5, 0.6) is 5.75 Å². The summed E-state index contributed by atoms with van der Waals surface area (Å²) in [6.45, 7) is 4.97. The number of para-hydroxylation sites is 1. The van der Waals surface area contributed by atoms with Gasteiger partial charge in [-0.1, -0.05) is 25.1 Å². The van der Waals surface area contributed by atoms with Crippen molar-refractivity contribution in [2.24, 2.45) is 5.73 Å². The summed E-state index contributed by atoms with van der Waals surface area (Å²) in [7, 11) is 0. The van der Waals surface area contributed by atoms with Crippen LogP contribution in [0.4, 0.5) is 0 Å². The zero-order valence-corrected chi connectivity index (χ0v) is 12.3. The Morgan fingerprint density at radius 2 is 2.05 bits per heavy atom. The SMILES string of the molecule is CCOc1ccccc1C(CC)NC(=O)CCN.Cl. The van der Waals surface area contributed by atoms with Crippen molar-refractivity contribution in [3.8, 4) is 5.75 Å². The summed E-state index contributed by atoms with van der Waals surface area (Å²) < 4.78 is 5.59. The Kier molecular flexibility index (Phi) is 9.00. The number of ether oxygens (including phenoxy) is 1. The van der Waals surface area contributed by atoms with Gasteiger partial charge in [-0.25, -0.2) is 0 Å². The molecule has 0 aliphatic carbocycles. The molecule has 0 aliphatic heterocycles. The molecule has 0 saturated heterocycles. The van der Waals surface area contributed by atoms with E-state index in [0.29, 0.717) is 19.6 Å². The normalized spacial score (nSPS) is 11.3. The van der Waals surface area contributed by atoms with E-state index in [1.807, 2.05) is 38.1 Å². The molecule has 0 radical (unpaired) electrons. The van der Waals surface area contributed by atoms with Gasteiger partial charge in [-0.15, -0.1) is 12.4 Å². The zero-order valence-electron chi connectivity index (χ0n) is 11.5. The molecule has 108 valence electrons. The van der Waals surface area contributed by atoms with E-state index in [2.05, 4.69) is 5.32 Å². The maximum absolute atomic E-state index is 11.6. The minimum atomic E-state index is -0.0215. The van der Waals surface area contributed by atoms with Crippen molar-refractivity contribution in [3.05, 3.63) is 29.8 Å². The third kappa shape index (κ3) is 5.49. The highest BCUT2D eigenvalue weighted by molar-refractivity contribution is 5.85. The number of nitrogens with one attached hydrogen (secondary N) is 1. The van der Waals surface area contributed by atoms with Gasteiger partial charge in [0.2, 0.25) is 5.91 Å². The van der Waals surface area contributed by atoms with Crippen molar-refractivity contribution in [2.45, 2.75) is 32.7 Å². The Morgan fingerprint density at radius 1 is 1.37 bits per heavy atom. The number of benzene rings is 1. The number of hydrogen-bond donors (Lipinski definition) is 2. The Hall–Kier alpha value is -1.26. The first kappa shape index (κ1) is 17.7. The number of amides is 1. The summed E-state index contributed by atoms with van der Waals surface area (Å²) in [4.78, 5) is 11.6. The van der Waals surface area contributed by atoms with Crippen LogP contribution >= 0.6 is 12.4 Å². The van der Waals surface area contributed by atoms with Gasteiger partial charge in [0.15, 0.2) is 0 Å². The molecule has 1 unspecified atom stereocenters. The highest BCUT2D eigenvalue weighted by Crippen LogP contribution is 2.27. The molecule has 0 aliphatic rings. The van der Waals surface area contributed by atoms with Crippen LogP contribution < -0.4 is 15.8 Å². The first-order chi connectivity index (χ1) is 8.72. The molecule has 1 amide bonds. The Labute approximate surface area is 121 Å². The molecule has 0 fully saturated rings. The molecule has 1 rings (SSSR count). The average molecular weight is 287 g/mol. The number of hydrogen-bond acceptors (Lipinski definition) is 3. The molecule has 0 bridgehead atoms.